The average Bonchev–Trinajstić information content (AvgIpc) is 3.27. The molecule has 3 aliphatic heterocycles. The highest BCUT2D eigenvalue weighted by atomic mass is 16.8. The van der Waals surface area contributed by atoms with Crippen LogP contribution < -0.4 is 16.1 Å². The van der Waals surface area contributed by atoms with Crippen molar-refractivity contribution in [1.82, 2.24) is 5.32 Å². The molecule has 0 radical (unpaired) electrons. The summed E-state index contributed by atoms with van der Waals surface area (Å²) in [7, 11) is 0. The number of hydrogen-bond donors (Lipinski definition) is 4. The van der Waals surface area contributed by atoms with Gasteiger partial charge in [-0.15, -0.1) is 0 Å². The summed E-state index contributed by atoms with van der Waals surface area (Å²) in [5.41, 5.74) is 6.10. The second kappa shape index (κ2) is 4.57. The predicted molar refractivity (Wildman–Crippen MR) is 75.9 cm³/mol. The smallest absolute Gasteiger partial charge is 0.404 e. The number of rotatable bonds is 3. The molecule has 3 aliphatic rings. The quantitative estimate of drug-likeness (QED) is 0.417. The minimum atomic E-state index is -1.68. The van der Waals surface area contributed by atoms with Crippen LogP contribution in [0.2, 0.25) is 0 Å². The van der Waals surface area contributed by atoms with Crippen molar-refractivity contribution < 1.29 is 29.4 Å². The van der Waals surface area contributed by atoms with Gasteiger partial charge < -0.3 is 26.0 Å². The molecule has 0 saturated carbocycles. The largest absolute Gasteiger partial charge is 0.508 e. The van der Waals surface area contributed by atoms with Crippen LogP contribution in [0.1, 0.15) is 21.8 Å². The second-order valence-electron chi connectivity index (χ2n) is 5.93. The molecule has 0 aromatic heterocycles. The van der Waals surface area contributed by atoms with Crippen LogP contribution in [0.5, 0.6) is 5.75 Å². The van der Waals surface area contributed by atoms with Crippen molar-refractivity contribution in [3.8, 4) is 5.75 Å². The topological polar surface area (TPSA) is 144 Å². The highest BCUT2D eigenvalue weighted by molar-refractivity contribution is 5.80. The number of phenols is 1. The summed E-state index contributed by atoms with van der Waals surface area (Å²) in [5.74, 6) is -2.69. The second-order valence-corrected chi connectivity index (χ2v) is 5.93. The minimum absolute atomic E-state index is 0.0139. The van der Waals surface area contributed by atoms with Gasteiger partial charge in [0.2, 0.25) is 5.79 Å². The number of hydroxylamine groups is 1. The molecule has 0 spiro atoms. The number of ether oxygens (including phenoxy) is 1. The van der Waals surface area contributed by atoms with Gasteiger partial charge in [0.25, 0.3) is 0 Å². The van der Waals surface area contributed by atoms with Gasteiger partial charge in [0.1, 0.15) is 18.6 Å². The number of aldehydes is 1. The van der Waals surface area contributed by atoms with Crippen molar-refractivity contribution in [3.05, 3.63) is 23.3 Å². The van der Waals surface area contributed by atoms with E-state index in [1.165, 1.54) is 11.1 Å². The highest BCUT2D eigenvalue weighted by Gasteiger charge is 2.65. The predicted octanol–water partition coefficient (Wildman–Crippen LogP) is -0.822. The lowest BCUT2D eigenvalue weighted by Gasteiger charge is -2.47. The van der Waals surface area contributed by atoms with Crippen molar-refractivity contribution in [2.24, 2.45) is 5.73 Å². The Hall–Kier alpha value is -2.36. The Morgan fingerprint density at radius 2 is 2.39 bits per heavy atom. The van der Waals surface area contributed by atoms with Gasteiger partial charge in [-0.05, 0) is 12.1 Å². The van der Waals surface area contributed by atoms with Gasteiger partial charge in [-0.2, -0.15) is 0 Å². The monoisotopic (exact) mass is 321 g/mol. The molecule has 1 aromatic rings. The molecule has 0 aliphatic carbocycles. The first-order chi connectivity index (χ1) is 10.9. The first-order valence-electron chi connectivity index (χ1n) is 7.13. The number of primary amides is 1. The number of benzene rings is 1. The zero-order valence-electron chi connectivity index (χ0n) is 11.9. The molecule has 122 valence electrons. The van der Waals surface area contributed by atoms with Gasteiger partial charge in [-0.1, -0.05) is 0 Å². The summed E-state index contributed by atoms with van der Waals surface area (Å²) in [5, 5.41) is 25.8. The zero-order valence-corrected chi connectivity index (χ0v) is 11.9. The van der Waals surface area contributed by atoms with Gasteiger partial charge in [0.05, 0.1) is 24.2 Å². The molecule has 23 heavy (non-hydrogen) atoms. The van der Waals surface area contributed by atoms with Gasteiger partial charge in [0, 0.05) is 17.2 Å². The van der Waals surface area contributed by atoms with Gasteiger partial charge >= 0.3 is 6.09 Å². The number of phenolic OH excluding ortho intramolecular Hbond substituents is 1. The van der Waals surface area contributed by atoms with E-state index in [0.29, 0.717) is 24.1 Å². The third-order valence-electron chi connectivity index (χ3n) is 4.55. The van der Waals surface area contributed by atoms with E-state index < -0.39 is 17.8 Å². The van der Waals surface area contributed by atoms with Crippen LogP contribution in [0, 0.1) is 0 Å². The Bertz CT molecular complexity index is 710. The Morgan fingerprint density at radius 1 is 1.61 bits per heavy atom. The number of nitrogens with two attached hydrogens (primary N) is 1. The number of anilines is 1. The number of nitrogens with zero attached hydrogens (tertiary/aromatic N) is 1. The fourth-order valence-electron chi connectivity index (χ4n) is 3.47. The number of amides is 1. The van der Waals surface area contributed by atoms with E-state index in [4.69, 9.17) is 15.3 Å². The van der Waals surface area contributed by atoms with E-state index in [9.17, 15) is 19.8 Å². The van der Waals surface area contributed by atoms with E-state index in [1.807, 2.05) is 0 Å². The molecule has 1 aromatic carbocycles. The van der Waals surface area contributed by atoms with Crippen molar-refractivity contribution in [2.75, 3.05) is 18.2 Å². The van der Waals surface area contributed by atoms with Crippen LogP contribution in [0.3, 0.4) is 0 Å². The van der Waals surface area contributed by atoms with E-state index >= 15 is 0 Å². The molecule has 5 N–H and O–H groups in total. The van der Waals surface area contributed by atoms with Crippen LogP contribution in [-0.2, 0) is 9.57 Å². The summed E-state index contributed by atoms with van der Waals surface area (Å²) in [6, 6.07) is 2.53. The Morgan fingerprint density at radius 3 is 3.09 bits per heavy atom. The maximum absolute atomic E-state index is 11.0. The maximum atomic E-state index is 11.0. The number of aromatic hydroxyl groups is 1. The molecule has 3 heterocycles. The van der Waals surface area contributed by atoms with Crippen LogP contribution in [0.4, 0.5) is 10.5 Å². The fourth-order valence-corrected chi connectivity index (χ4v) is 3.47. The molecule has 2 bridgehead atoms. The van der Waals surface area contributed by atoms with Gasteiger partial charge in [-0.3, -0.25) is 4.79 Å². The first-order valence-corrected chi connectivity index (χ1v) is 7.13. The van der Waals surface area contributed by atoms with E-state index in [-0.39, 0.29) is 30.0 Å². The summed E-state index contributed by atoms with van der Waals surface area (Å²) >= 11 is 0. The molecule has 9 nitrogen and oxygen atoms in total. The number of carbonyl (C=O) groups is 2. The number of fused-ring (bicyclic) bond motifs is 6. The van der Waals surface area contributed by atoms with E-state index in [0.717, 1.165) is 0 Å². The number of carbonyl (C=O) groups excluding carboxylic acids is 2. The maximum Gasteiger partial charge on any atom is 0.404 e. The SMILES string of the molecule is NC(=O)OC[C@@H]1c2c(O)cc(C=O)cc2N2C[C@@H]3N[C@@H]3C1(O)O2. The average molecular weight is 321 g/mol. The van der Waals surface area contributed by atoms with E-state index in [2.05, 4.69) is 5.32 Å². The normalized spacial score (nSPS) is 33.4. The number of aliphatic hydroxyl groups is 1. The molecule has 9 heteroatoms. The summed E-state index contributed by atoms with van der Waals surface area (Å²) < 4.78 is 4.85. The Kier molecular flexibility index (Phi) is 2.83. The number of hydrogen-bond acceptors (Lipinski definition) is 8. The minimum Gasteiger partial charge on any atom is -0.508 e. The lowest BCUT2D eigenvalue weighted by molar-refractivity contribution is -0.247. The van der Waals surface area contributed by atoms with Crippen molar-refractivity contribution in [1.29, 1.82) is 0 Å². The van der Waals surface area contributed by atoms with Crippen LogP contribution in [0.25, 0.3) is 0 Å². The first kappa shape index (κ1) is 14.2. The van der Waals surface area contributed by atoms with Crippen molar-refractivity contribution in [2.45, 2.75) is 23.8 Å². The lowest BCUT2D eigenvalue weighted by Crippen LogP contribution is -2.59. The van der Waals surface area contributed by atoms with Crippen LogP contribution in [0.15, 0.2) is 12.1 Å². The third kappa shape index (κ3) is 1.97. The summed E-state index contributed by atoms with van der Waals surface area (Å²) in [6.07, 6.45) is -0.379. The Balaban J connectivity index is 1.84. The molecular formula is C14H15N3O6. The summed E-state index contributed by atoms with van der Waals surface area (Å²) in [4.78, 5) is 27.6. The lowest BCUT2D eigenvalue weighted by atomic mass is 9.83. The van der Waals surface area contributed by atoms with Gasteiger partial charge in [-0.25, -0.2) is 14.7 Å². The molecule has 4 atom stereocenters. The molecule has 4 rings (SSSR count). The van der Waals surface area contributed by atoms with Crippen molar-refractivity contribution in [3.63, 3.8) is 0 Å². The zero-order chi connectivity index (χ0) is 16.4. The van der Waals surface area contributed by atoms with E-state index in [1.54, 1.807) is 6.07 Å². The molecule has 2 fully saturated rings. The Labute approximate surface area is 130 Å². The fraction of sp³-hybridized carbons (Fsp3) is 0.429. The summed E-state index contributed by atoms with van der Waals surface area (Å²) in [6.45, 7) is 0.205. The van der Waals surface area contributed by atoms with Crippen LogP contribution >= 0.6 is 0 Å². The molecular weight excluding hydrogens is 306 g/mol. The molecule has 2 saturated heterocycles. The van der Waals surface area contributed by atoms with Crippen LogP contribution in [-0.4, -0.2) is 53.6 Å². The van der Waals surface area contributed by atoms with Gasteiger partial charge in [0.15, 0.2) is 0 Å². The molecule has 1 unspecified atom stereocenters. The third-order valence-corrected chi connectivity index (χ3v) is 4.55. The molecule has 1 amide bonds. The standard InChI is InChI=1S/C14H15N3O6/c15-13(20)22-5-7-11-9(1-6(4-18)2-10(11)19)17-3-8-12(16-8)14(7,21)23-17/h1-2,4,7-8,12,16,19,21H,3,5H2,(H2,15,20)/t7-,8+,12+,14?/m1/s1. The van der Waals surface area contributed by atoms with Crippen molar-refractivity contribution >= 4 is 18.1 Å². The highest BCUT2D eigenvalue weighted by Crippen LogP contribution is 2.53. The number of nitrogens with one attached hydrogen (secondary N) is 1.